The molecule has 1 saturated carbocycles. The normalized spacial score (nSPS) is 23.6. The van der Waals surface area contributed by atoms with Gasteiger partial charge in [0.05, 0.1) is 18.5 Å². The van der Waals surface area contributed by atoms with E-state index in [0.29, 0.717) is 5.56 Å². The van der Waals surface area contributed by atoms with Gasteiger partial charge in [0.25, 0.3) is 11.8 Å². The van der Waals surface area contributed by atoms with Crippen LogP contribution >= 0.6 is 12.2 Å². The molecule has 1 fully saturated rings. The number of aliphatic hydroxyl groups is 2. The number of nitrogens with one attached hydrogen (secondary N) is 2. The lowest BCUT2D eigenvalue weighted by molar-refractivity contribution is 0.0399. The third-order valence-electron chi connectivity index (χ3n) is 4.83. The number of anilines is 1. The van der Waals surface area contributed by atoms with Crippen LogP contribution in [0.2, 0.25) is 0 Å². The zero-order valence-electron chi connectivity index (χ0n) is 15.2. The van der Waals surface area contributed by atoms with Crippen LogP contribution in [0.25, 0.3) is 0 Å². The second-order valence-corrected chi connectivity index (χ2v) is 7.08. The van der Waals surface area contributed by atoms with Gasteiger partial charge in [0.15, 0.2) is 10.8 Å². The number of alkyl halides is 1. The zero-order chi connectivity index (χ0) is 21.1. The van der Waals surface area contributed by atoms with E-state index in [2.05, 4.69) is 15.6 Å². The molecule has 2 aromatic rings. The molecule has 11 heteroatoms. The molecule has 154 valence electrons. The van der Waals surface area contributed by atoms with Gasteiger partial charge in [-0.3, -0.25) is 14.9 Å². The second kappa shape index (κ2) is 8.64. The fourth-order valence-corrected chi connectivity index (χ4v) is 3.53. The van der Waals surface area contributed by atoms with E-state index < -0.39 is 36.0 Å². The van der Waals surface area contributed by atoms with Gasteiger partial charge in [-0.1, -0.05) is 18.2 Å². The molecule has 1 aliphatic rings. The third-order valence-corrected chi connectivity index (χ3v) is 5.04. The third kappa shape index (κ3) is 4.26. The van der Waals surface area contributed by atoms with Crippen LogP contribution < -0.4 is 16.4 Å². The molecule has 4 atom stereocenters. The lowest BCUT2D eigenvalue weighted by Crippen LogP contribution is -2.36. The molecule has 9 nitrogen and oxygen atoms in total. The Morgan fingerprint density at radius 2 is 2.03 bits per heavy atom. The Morgan fingerprint density at radius 3 is 2.62 bits per heavy atom. The van der Waals surface area contributed by atoms with Crippen molar-refractivity contribution in [3.63, 3.8) is 0 Å². The number of imidazole rings is 1. The standard InChI is InChI=1S/C18H20FN5O4S/c19-12-11(6-10(7-25)14(12)26)24-8-21-13(15(20)27)16(24)22-18(29)23-17(28)9-4-2-1-3-5-9/h1-5,8,10-12,14,25-26H,6-7H2,(H2,20,27)(H2,22,23,28,29). The maximum atomic E-state index is 14.6. The van der Waals surface area contributed by atoms with Crippen LogP contribution in [0.1, 0.15) is 33.3 Å². The summed E-state index contributed by atoms with van der Waals surface area (Å²) in [7, 11) is 0. The SMILES string of the molecule is NC(=O)c1ncn(C2CC(CO)C(O)C2F)c1NC(=S)NC(=O)c1ccccc1. The van der Waals surface area contributed by atoms with Gasteiger partial charge in [-0.25, -0.2) is 9.37 Å². The minimum Gasteiger partial charge on any atom is -0.396 e. The fourth-order valence-electron chi connectivity index (χ4n) is 3.34. The summed E-state index contributed by atoms with van der Waals surface area (Å²) in [5.74, 6) is -2.02. The average molecular weight is 421 g/mol. The highest BCUT2D eigenvalue weighted by molar-refractivity contribution is 7.80. The summed E-state index contributed by atoms with van der Waals surface area (Å²) in [6, 6.07) is 7.43. The van der Waals surface area contributed by atoms with Crippen molar-refractivity contribution in [3.05, 3.63) is 47.9 Å². The van der Waals surface area contributed by atoms with E-state index in [-0.39, 0.29) is 29.7 Å². The van der Waals surface area contributed by atoms with Crippen LogP contribution in [-0.4, -0.2) is 55.6 Å². The van der Waals surface area contributed by atoms with E-state index >= 15 is 0 Å². The molecule has 0 saturated heterocycles. The molecule has 0 bridgehead atoms. The molecule has 6 N–H and O–H groups in total. The monoisotopic (exact) mass is 421 g/mol. The van der Waals surface area contributed by atoms with Crippen molar-refractivity contribution in [2.45, 2.75) is 24.7 Å². The number of aliphatic hydroxyl groups excluding tert-OH is 2. The van der Waals surface area contributed by atoms with Gasteiger partial charge < -0.3 is 25.8 Å². The number of nitrogens with zero attached hydrogens (tertiary/aromatic N) is 2. The molecule has 1 heterocycles. The molecular weight excluding hydrogens is 401 g/mol. The summed E-state index contributed by atoms with van der Waals surface area (Å²) in [5.41, 5.74) is 5.51. The van der Waals surface area contributed by atoms with Crippen LogP contribution in [0.4, 0.5) is 10.2 Å². The Kier molecular flexibility index (Phi) is 6.20. The van der Waals surface area contributed by atoms with Crippen LogP contribution in [0, 0.1) is 5.92 Å². The Balaban J connectivity index is 1.83. The minimum atomic E-state index is -1.70. The summed E-state index contributed by atoms with van der Waals surface area (Å²) in [6.07, 6.45) is -1.74. The summed E-state index contributed by atoms with van der Waals surface area (Å²) in [5, 5.41) is 24.3. The Morgan fingerprint density at radius 1 is 1.34 bits per heavy atom. The highest BCUT2D eigenvalue weighted by Crippen LogP contribution is 2.39. The van der Waals surface area contributed by atoms with Gasteiger partial charge in [0, 0.05) is 18.1 Å². The number of carbonyl (C=O) groups excluding carboxylic acids is 2. The molecule has 3 rings (SSSR count). The van der Waals surface area contributed by atoms with Crippen molar-refractivity contribution in [1.29, 1.82) is 0 Å². The second-order valence-electron chi connectivity index (χ2n) is 6.67. The number of halogens is 1. The number of carbonyl (C=O) groups is 2. The predicted molar refractivity (Wildman–Crippen MR) is 106 cm³/mol. The van der Waals surface area contributed by atoms with E-state index in [9.17, 15) is 24.2 Å². The lowest BCUT2D eigenvalue weighted by Gasteiger charge is -2.20. The van der Waals surface area contributed by atoms with Crippen molar-refractivity contribution in [2.75, 3.05) is 11.9 Å². The lowest BCUT2D eigenvalue weighted by atomic mass is 10.1. The quantitative estimate of drug-likeness (QED) is 0.439. The Labute approximate surface area is 170 Å². The van der Waals surface area contributed by atoms with Gasteiger partial charge in [-0.05, 0) is 30.8 Å². The molecule has 4 unspecified atom stereocenters. The number of hydrogen-bond acceptors (Lipinski definition) is 6. The molecule has 0 aliphatic heterocycles. The van der Waals surface area contributed by atoms with Crippen LogP contribution in [0.15, 0.2) is 36.7 Å². The zero-order valence-corrected chi connectivity index (χ0v) is 16.0. The van der Waals surface area contributed by atoms with Gasteiger partial charge in [-0.15, -0.1) is 0 Å². The molecule has 0 radical (unpaired) electrons. The first-order valence-corrected chi connectivity index (χ1v) is 9.21. The molecule has 1 aliphatic carbocycles. The Bertz CT molecular complexity index is 922. The topological polar surface area (TPSA) is 142 Å². The van der Waals surface area contributed by atoms with E-state index in [1.54, 1.807) is 30.3 Å². The molecule has 2 amide bonds. The molecule has 0 spiro atoms. The van der Waals surface area contributed by atoms with E-state index in [1.165, 1.54) is 10.9 Å². The number of primary amides is 1. The van der Waals surface area contributed by atoms with Crippen molar-refractivity contribution >= 4 is 35.0 Å². The van der Waals surface area contributed by atoms with E-state index in [4.69, 9.17) is 18.0 Å². The largest absolute Gasteiger partial charge is 0.396 e. The number of hydrogen-bond donors (Lipinski definition) is 5. The van der Waals surface area contributed by atoms with Crippen LogP contribution in [-0.2, 0) is 0 Å². The van der Waals surface area contributed by atoms with Gasteiger partial charge >= 0.3 is 0 Å². The smallest absolute Gasteiger partial charge is 0.271 e. The first-order chi connectivity index (χ1) is 13.8. The first-order valence-electron chi connectivity index (χ1n) is 8.80. The average Bonchev–Trinajstić information content (AvgIpc) is 3.23. The minimum absolute atomic E-state index is 0.00528. The molecular formula is C18H20FN5O4S. The summed E-state index contributed by atoms with van der Waals surface area (Å²) in [4.78, 5) is 27.9. The molecule has 1 aromatic heterocycles. The molecule has 1 aromatic carbocycles. The fraction of sp³-hybridized carbons (Fsp3) is 0.333. The van der Waals surface area contributed by atoms with Crippen LogP contribution in [0.5, 0.6) is 0 Å². The molecule has 29 heavy (non-hydrogen) atoms. The van der Waals surface area contributed by atoms with Crippen molar-refractivity contribution < 1.29 is 24.2 Å². The van der Waals surface area contributed by atoms with Crippen molar-refractivity contribution in [2.24, 2.45) is 11.7 Å². The predicted octanol–water partition coefficient (Wildman–Crippen LogP) is 0.361. The number of aromatic nitrogens is 2. The summed E-state index contributed by atoms with van der Waals surface area (Å²) >= 11 is 5.14. The summed E-state index contributed by atoms with van der Waals surface area (Å²) < 4.78 is 15.9. The number of benzene rings is 1. The summed E-state index contributed by atoms with van der Waals surface area (Å²) in [6.45, 7) is -0.385. The van der Waals surface area contributed by atoms with E-state index in [1.807, 2.05) is 0 Å². The van der Waals surface area contributed by atoms with Gasteiger partial charge in [-0.2, -0.15) is 0 Å². The number of rotatable bonds is 5. The van der Waals surface area contributed by atoms with Crippen molar-refractivity contribution in [3.8, 4) is 0 Å². The Hall–Kier alpha value is -2.89. The van der Waals surface area contributed by atoms with Crippen molar-refractivity contribution in [1.82, 2.24) is 14.9 Å². The van der Waals surface area contributed by atoms with Gasteiger partial charge in [0.2, 0.25) is 0 Å². The van der Waals surface area contributed by atoms with E-state index in [0.717, 1.165) is 0 Å². The highest BCUT2D eigenvalue weighted by atomic mass is 32.1. The highest BCUT2D eigenvalue weighted by Gasteiger charge is 2.44. The first kappa shape index (κ1) is 20.8. The number of thiocarbonyl (C=S) groups is 1. The maximum absolute atomic E-state index is 14.6. The van der Waals surface area contributed by atoms with Crippen LogP contribution in [0.3, 0.4) is 0 Å². The maximum Gasteiger partial charge on any atom is 0.271 e. The number of amides is 2. The van der Waals surface area contributed by atoms with Gasteiger partial charge in [0.1, 0.15) is 12.0 Å². The number of nitrogens with two attached hydrogens (primary N) is 1.